The van der Waals surface area contributed by atoms with Crippen molar-refractivity contribution in [2.45, 2.75) is 45.1 Å². The normalized spacial score (nSPS) is 23.1. The van der Waals surface area contributed by atoms with E-state index in [0.29, 0.717) is 19.0 Å². The number of nitrogens with one attached hydrogen (secondary N) is 1. The number of hydrogen-bond donors (Lipinski definition) is 1. The Morgan fingerprint density at radius 1 is 1.26 bits per heavy atom. The number of rotatable bonds is 6. The van der Waals surface area contributed by atoms with Crippen molar-refractivity contribution in [3.8, 4) is 0 Å². The summed E-state index contributed by atoms with van der Waals surface area (Å²) in [5.74, 6) is 1.17. The molecule has 0 radical (unpaired) electrons. The number of amides is 1. The van der Waals surface area contributed by atoms with Crippen molar-refractivity contribution in [1.29, 1.82) is 0 Å². The van der Waals surface area contributed by atoms with E-state index in [1.54, 1.807) is 12.4 Å². The van der Waals surface area contributed by atoms with Crippen LogP contribution in [-0.4, -0.2) is 56.7 Å². The molecule has 144 valence electrons. The Morgan fingerprint density at radius 3 is 2.96 bits per heavy atom. The summed E-state index contributed by atoms with van der Waals surface area (Å²) >= 11 is 0. The molecule has 2 aliphatic rings. The molecule has 2 aromatic rings. The molecule has 7 nitrogen and oxygen atoms in total. The monoisotopic (exact) mass is 368 g/mol. The van der Waals surface area contributed by atoms with E-state index in [0.717, 1.165) is 42.3 Å². The van der Waals surface area contributed by atoms with Crippen molar-refractivity contribution in [1.82, 2.24) is 30.0 Å². The van der Waals surface area contributed by atoms with E-state index in [9.17, 15) is 4.79 Å². The zero-order valence-electron chi connectivity index (χ0n) is 16.0. The first-order valence-corrected chi connectivity index (χ1v) is 10.00. The van der Waals surface area contributed by atoms with Gasteiger partial charge in [0.1, 0.15) is 5.52 Å². The van der Waals surface area contributed by atoms with Crippen molar-refractivity contribution in [2.75, 3.05) is 26.2 Å². The summed E-state index contributed by atoms with van der Waals surface area (Å²) in [6.07, 6.45) is 13.0. The first kappa shape index (κ1) is 18.1. The molecule has 1 aliphatic heterocycles. The van der Waals surface area contributed by atoms with E-state index in [1.165, 1.54) is 32.7 Å². The molecule has 1 N–H and O–H groups in total. The molecule has 7 heteroatoms. The van der Waals surface area contributed by atoms with Crippen LogP contribution in [0.15, 0.2) is 24.5 Å². The summed E-state index contributed by atoms with van der Waals surface area (Å²) in [5.41, 5.74) is 2.79. The Morgan fingerprint density at radius 2 is 2.15 bits per heavy atom. The Bertz CT molecular complexity index is 829. The predicted octanol–water partition coefficient (Wildman–Crippen LogP) is 2.11. The van der Waals surface area contributed by atoms with E-state index in [2.05, 4.69) is 32.3 Å². The van der Waals surface area contributed by atoms with Gasteiger partial charge >= 0.3 is 0 Å². The van der Waals surface area contributed by atoms with Crippen LogP contribution in [-0.2, 0) is 11.3 Å². The van der Waals surface area contributed by atoms with Crippen molar-refractivity contribution in [3.05, 3.63) is 30.2 Å². The minimum atomic E-state index is -0.0261. The molecular formula is C20H28N6O. The first-order valence-electron chi connectivity index (χ1n) is 10.00. The van der Waals surface area contributed by atoms with Crippen molar-refractivity contribution < 1.29 is 4.79 Å². The second kappa shape index (κ2) is 8.17. The number of allylic oxidation sites excluding steroid dienone is 2. The summed E-state index contributed by atoms with van der Waals surface area (Å²) in [5, 5.41) is 7.68. The third-order valence-corrected chi connectivity index (χ3v) is 5.65. The summed E-state index contributed by atoms with van der Waals surface area (Å²) in [6, 6.07) is 0. The van der Waals surface area contributed by atoms with Crippen LogP contribution in [0.25, 0.3) is 11.2 Å². The number of carbonyl (C=O) groups is 1. The van der Waals surface area contributed by atoms with Crippen LogP contribution in [0, 0.1) is 5.92 Å². The fourth-order valence-corrected chi connectivity index (χ4v) is 4.30. The zero-order chi connectivity index (χ0) is 18.6. The molecule has 27 heavy (non-hydrogen) atoms. The van der Waals surface area contributed by atoms with Gasteiger partial charge in [-0.25, -0.2) is 14.6 Å². The highest BCUT2D eigenvalue weighted by Crippen LogP contribution is 2.31. The highest BCUT2D eigenvalue weighted by molar-refractivity contribution is 5.74. The third kappa shape index (κ3) is 4.18. The van der Waals surface area contributed by atoms with Gasteiger partial charge in [-0.3, -0.25) is 4.79 Å². The average Bonchev–Trinajstić information content (AvgIpc) is 3.27. The van der Waals surface area contributed by atoms with Gasteiger partial charge in [-0.2, -0.15) is 5.10 Å². The molecule has 0 spiro atoms. The lowest BCUT2D eigenvalue weighted by Gasteiger charge is -2.24. The van der Waals surface area contributed by atoms with E-state index in [4.69, 9.17) is 5.10 Å². The number of carbonyl (C=O) groups excluding carboxylic acids is 1. The number of nitrogens with zero attached hydrogens (tertiary/aromatic N) is 5. The van der Waals surface area contributed by atoms with Gasteiger partial charge in [-0.15, -0.1) is 0 Å². The molecule has 1 saturated heterocycles. The predicted molar refractivity (Wildman–Crippen MR) is 104 cm³/mol. The molecule has 1 amide bonds. The van der Waals surface area contributed by atoms with Gasteiger partial charge in [0.15, 0.2) is 5.65 Å². The molecule has 0 saturated carbocycles. The van der Waals surface area contributed by atoms with E-state index in [1.807, 2.05) is 4.68 Å². The van der Waals surface area contributed by atoms with Crippen molar-refractivity contribution in [2.24, 2.45) is 5.92 Å². The standard InChI is InChI=1S/C20H28N6O/c1-15(27)21-10-12-26-20-19(22-8-9-23-20)18(24-26)17-7-11-25(14-17)13-16-5-3-2-4-6-16/h2-3,8-9,16-17H,4-7,10-14H2,1H3,(H,21,27)/t16-,17+/m0/s1. The number of fused-ring (bicyclic) bond motifs is 1. The van der Waals surface area contributed by atoms with Crippen LogP contribution in [0.4, 0.5) is 0 Å². The van der Waals surface area contributed by atoms with E-state index < -0.39 is 0 Å². The van der Waals surface area contributed by atoms with Gasteiger partial charge in [0.05, 0.1) is 12.2 Å². The second-order valence-electron chi connectivity index (χ2n) is 7.72. The Hall–Kier alpha value is -2.28. The maximum atomic E-state index is 11.1. The van der Waals surface area contributed by atoms with Gasteiger partial charge < -0.3 is 10.2 Å². The largest absolute Gasteiger partial charge is 0.354 e. The Kier molecular flexibility index (Phi) is 5.48. The SMILES string of the molecule is CC(=O)NCCn1nc([C@@H]2CCN(C[C@H]3CC=CCC3)C2)c2nccnc21. The van der Waals surface area contributed by atoms with Gasteiger partial charge in [-0.1, -0.05) is 12.2 Å². The molecule has 3 heterocycles. The first-order chi connectivity index (χ1) is 13.2. The highest BCUT2D eigenvalue weighted by Gasteiger charge is 2.30. The molecule has 4 rings (SSSR count). The topological polar surface area (TPSA) is 75.9 Å². The van der Waals surface area contributed by atoms with Crippen LogP contribution in [0.5, 0.6) is 0 Å². The third-order valence-electron chi connectivity index (χ3n) is 5.65. The van der Waals surface area contributed by atoms with Crippen LogP contribution < -0.4 is 5.32 Å². The number of likely N-dealkylation sites (tertiary alicyclic amines) is 1. The lowest BCUT2D eigenvalue weighted by atomic mass is 9.94. The van der Waals surface area contributed by atoms with Gasteiger partial charge in [0.25, 0.3) is 0 Å². The van der Waals surface area contributed by atoms with Crippen LogP contribution >= 0.6 is 0 Å². The van der Waals surface area contributed by atoms with E-state index in [-0.39, 0.29) is 5.91 Å². The molecule has 2 aromatic heterocycles. The number of hydrogen-bond acceptors (Lipinski definition) is 5. The van der Waals surface area contributed by atoms with Crippen LogP contribution in [0.1, 0.15) is 44.2 Å². The van der Waals surface area contributed by atoms with Crippen molar-refractivity contribution in [3.63, 3.8) is 0 Å². The molecule has 0 bridgehead atoms. The zero-order valence-corrected chi connectivity index (χ0v) is 16.0. The second-order valence-corrected chi connectivity index (χ2v) is 7.72. The fraction of sp³-hybridized carbons (Fsp3) is 0.600. The Labute approximate surface area is 159 Å². The fourth-order valence-electron chi connectivity index (χ4n) is 4.30. The van der Waals surface area contributed by atoms with Gasteiger partial charge in [0, 0.05) is 44.9 Å². The van der Waals surface area contributed by atoms with Crippen LogP contribution in [0.2, 0.25) is 0 Å². The molecule has 1 fully saturated rings. The maximum Gasteiger partial charge on any atom is 0.216 e. The van der Waals surface area contributed by atoms with Crippen molar-refractivity contribution >= 4 is 17.1 Å². The van der Waals surface area contributed by atoms with Gasteiger partial charge in [0.2, 0.25) is 5.91 Å². The summed E-state index contributed by atoms with van der Waals surface area (Å²) < 4.78 is 1.89. The Balaban J connectivity index is 1.46. The van der Waals surface area contributed by atoms with Gasteiger partial charge in [-0.05, 0) is 38.1 Å². The summed E-state index contributed by atoms with van der Waals surface area (Å²) in [6.45, 7) is 6.06. The quantitative estimate of drug-likeness (QED) is 0.791. The highest BCUT2D eigenvalue weighted by atomic mass is 16.1. The molecule has 2 atom stereocenters. The minimum Gasteiger partial charge on any atom is -0.354 e. The molecule has 1 aliphatic carbocycles. The van der Waals surface area contributed by atoms with Crippen LogP contribution in [0.3, 0.4) is 0 Å². The average molecular weight is 368 g/mol. The summed E-state index contributed by atoms with van der Waals surface area (Å²) in [7, 11) is 0. The smallest absolute Gasteiger partial charge is 0.216 e. The molecular weight excluding hydrogens is 340 g/mol. The minimum absolute atomic E-state index is 0.0261. The molecule has 0 aromatic carbocycles. The molecule has 0 unspecified atom stereocenters. The summed E-state index contributed by atoms with van der Waals surface area (Å²) in [4.78, 5) is 22.8. The number of aromatic nitrogens is 4. The lowest BCUT2D eigenvalue weighted by Crippen LogP contribution is -2.28. The van der Waals surface area contributed by atoms with E-state index >= 15 is 0 Å². The lowest BCUT2D eigenvalue weighted by molar-refractivity contribution is -0.118. The maximum absolute atomic E-state index is 11.1.